The Morgan fingerprint density at radius 3 is 2.67 bits per heavy atom. The van der Waals surface area contributed by atoms with Gasteiger partial charge in [0.25, 0.3) is 0 Å². The van der Waals surface area contributed by atoms with E-state index in [9.17, 15) is 0 Å². The zero-order valence-corrected chi connectivity index (χ0v) is 6.72. The first-order valence-electron chi connectivity index (χ1n) is 3.99. The van der Waals surface area contributed by atoms with Crippen molar-refractivity contribution in [2.75, 3.05) is 13.1 Å². The molecule has 2 rings (SSSR count). The predicted octanol–water partition coefficient (Wildman–Crippen LogP) is -0.347. The molecule has 4 nitrogen and oxygen atoms in total. The molecule has 12 heavy (non-hydrogen) atoms. The molecule has 4 heteroatoms. The third-order valence-corrected chi connectivity index (χ3v) is 1.96. The second kappa shape index (κ2) is 3.16. The number of hydrogen-bond donors (Lipinski definition) is 1. The summed E-state index contributed by atoms with van der Waals surface area (Å²) in [5.74, 6) is 0. The van der Waals surface area contributed by atoms with Crippen molar-refractivity contribution in [2.45, 2.75) is 12.6 Å². The first-order valence-corrected chi connectivity index (χ1v) is 3.99. The molecule has 1 fully saturated rings. The maximum absolute atomic E-state index is 9.02. The Kier molecular flexibility index (Phi) is 2.01. The summed E-state index contributed by atoms with van der Waals surface area (Å²) >= 11 is 0. The van der Waals surface area contributed by atoms with Crippen LogP contribution in [0.2, 0.25) is 0 Å². The lowest BCUT2D eigenvalue weighted by atomic mass is 10.1. The summed E-state index contributed by atoms with van der Waals surface area (Å²) in [5, 5.41) is 9.02. The molecule has 1 aromatic heterocycles. The molecular weight excluding hydrogens is 154 g/mol. The van der Waals surface area contributed by atoms with E-state index in [1.54, 1.807) is 12.4 Å². The van der Waals surface area contributed by atoms with E-state index in [2.05, 4.69) is 14.9 Å². The maximum atomic E-state index is 9.02. The van der Waals surface area contributed by atoms with Crippen LogP contribution < -0.4 is 0 Å². The van der Waals surface area contributed by atoms with E-state index in [0.29, 0.717) is 0 Å². The standard InChI is InChI=1S/C8H11N3O/c12-8-4-11(5-8)3-7-1-9-6-10-2-7/h1-2,6,8,12H,3-5H2. The van der Waals surface area contributed by atoms with Gasteiger partial charge in [0, 0.05) is 37.6 Å². The highest BCUT2D eigenvalue weighted by molar-refractivity contribution is 5.03. The van der Waals surface area contributed by atoms with Crippen molar-refractivity contribution < 1.29 is 5.11 Å². The summed E-state index contributed by atoms with van der Waals surface area (Å²) in [5.41, 5.74) is 1.10. The summed E-state index contributed by atoms with van der Waals surface area (Å²) in [4.78, 5) is 9.99. The average Bonchev–Trinajstić information content (AvgIpc) is 2.04. The maximum Gasteiger partial charge on any atom is 0.115 e. The monoisotopic (exact) mass is 165 g/mol. The SMILES string of the molecule is OC1CN(Cc2cncnc2)C1. The molecule has 1 aliphatic rings. The quantitative estimate of drug-likeness (QED) is 0.651. The minimum atomic E-state index is -0.130. The van der Waals surface area contributed by atoms with Gasteiger partial charge in [-0.05, 0) is 0 Å². The van der Waals surface area contributed by atoms with Gasteiger partial charge < -0.3 is 5.11 Å². The summed E-state index contributed by atoms with van der Waals surface area (Å²) in [6.45, 7) is 2.39. The van der Waals surface area contributed by atoms with E-state index in [0.717, 1.165) is 25.2 Å². The van der Waals surface area contributed by atoms with E-state index in [-0.39, 0.29) is 6.10 Å². The lowest BCUT2D eigenvalue weighted by Crippen LogP contribution is -2.49. The van der Waals surface area contributed by atoms with Crippen LogP contribution in [0.3, 0.4) is 0 Å². The van der Waals surface area contributed by atoms with Crippen LogP contribution in [-0.4, -0.2) is 39.2 Å². The Labute approximate surface area is 70.9 Å². The molecule has 0 spiro atoms. The molecule has 0 radical (unpaired) electrons. The number of likely N-dealkylation sites (tertiary alicyclic amines) is 1. The summed E-state index contributed by atoms with van der Waals surface area (Å²) in [7, 11) is 0. The molecule has 1 aliphatic heterocycles. The molecule has 1 N–H and O–H groups in total. The Morgan fingerprint density at radius 1 is 1.42 bits per heavy atom. The number of rotatable bonds is 2. The minimum absolute atomic E-state index is 0.130. The minimum Gasteiger partial charge on any atom is -0.390 e. The molecule has 64 valence electrons. The van der Waals surface area contributed by atoms with Crippen molar-refractivity contribution in [1.82, 2.24) is 14.9 Å². The van der Waals surface area contributed by atoms with Crippen molar-refractivity contribution in [2.24, 2.45) is 0 Å². The number of aromatic nitrogens is 2. The molecule has 0 amide bonds. The second-order valence-electron chi connectivity index (χ2n) is 3.09. The Hall–Kier alpha value is -1.00. The first kappa shape index (κ1) is 7.64. The van der Waals surface area contributed by atoms with Crippen molar-refractivity contribution >= 4 is 0 Å². The van der Waals surface area contributed by atoms with E-state index in [1.165, 1.54) is 6.33 Å². The Bertz CT molecular complexity index is 246. The van der Waals surface area contributed by atoms with Crippen molar-refractivity contribution in [3.05, 3.63) is 24.3 Å². The summed E-state index contributed by atoms with van der Waals surface area (Å²) in [6, 6.07) is 0. The lowest BCUT2D eigenvalue weighted by Gasteiger charge is -2.35. The molecule has 0 saturated carbocycles. The highest BCUT2D eigenvalue weighted by Crippen LogP contribution is 2.10. The van der Waals surface area contributed by atoms with E-state index >= 15 is 0 Å². The van der Waals surface area contributed by atoms with E-state index in [4.69, 9.17) is 5.11 Å². The van der Waals surface area contributed by atoms with Gasteiger partial charge in [0.1, 0.15) is 6.33 Å². The van der Waals surface area contributed by atoms with Gasteiger partial charge in [0.05, 0.1) is 6.10 Å². The van der Waals surface area contributed by atoms with Crippen molar-refractivity contribution in [3.63, 3.8) is 0 Å². The van der Waals surface area contributed by atoms with Crippen LogP contribution >= 0.6 is 0 Å². The third-order valence-electron chi connectivity index (χ3n) is 1.96. The van der Waals surface area contributed by atoms with Crippen LogP contribution in [0.15, 0.2) is 18.7 Å². The second-order valence-corrected chi connectivity index (χ2v) is 3.09. The average molecular weight is 165 g/mol. The van der Waals surface area contributed by atoms with Gasteiger partial charge in [0.15, 0.2) is 0 Å². The molecule has 0 unspecified atom stereocenters. The highest BCUT2D eigenvalue weighted by Gasteiger charge is 2.23. The molecule has 1 saturated heterocycles. The fraction of sp³-hybridized carbons (Fsp3) is 0.500. The summed E-state index contributed by atoms with van der Waals surface area (Å²) in [6.07, 6.45) is 5.00. The molecule has 0 bridgehead atoms. The first-order chi connectivity index (χ1) is 5.84. The third kappa shape index (κ3) is 1.60. The zero-order valence-electron chi connectivity index (χ0n) is 6.72. The number of nitrogens with zero attached hydrogens (tertiary/aromatic N) is 3. The van der Waals surface area contributed by atoms with Crippen LogP contribution in [0.1, 0.15) is 5.56 Å². The number of aliphatic hydroxyl groups is 1. The fourth-order valence-corrected chi connectivity index (χ4v) is 1.34. The topological polar surface area (TPSA) is 49.2 Å². The largest absolute Gasteiger partial charge is 0.390 e. The van der Waals surface area contributed by atoms with Crippen molar-refractivity contribution in [1.29, 1.82) is 0 Å². The van der Waals surface area contributed by atoms with E-state index < -0.39 is 0 Å². The number of hydrogen-bond acceptors (Lipinski definition) is 4. The van der Waals surface area contributed by atoms with Gasteiger partial charge in [-0.25, -0.2) is 9.97 Å². The molecular formula is C8H11N3O. The van der Waals surface area contributed by atoms with Gasteiger partial charge in [-0.1, -0.05) is 0 Å². The van der Waals surface area contributed by atoms with Crippen LogP contribution in [0.5, 0.6) is 0 Å². The zero-order chi connectivity index (χ0) is 8.39. The van der Waals surface area contributed by atoms with Crippen LogP contribution in [0.4, 0.5) is 0 Å². The van der Waals surface area contributed by atoms with Crippen LogP contribution in [-0.2, 0) is 6.54 Å². The summed E-state index contributed by atoms with van der Waals surface area (Å²) < 4.78 is 0. The van der Waals surface area contributed by atoms with Crippen molar-refractivity contribution in [3.8, 4) is 0 Å². The van der Waals surface area contributed by atoms with E-state index in [1.807, 2.05) is 0 Å². The highest BCUT2D eigenvalue weighted by atomic mass is 16.3. The van der Waals surface area contributed by atoms with Gasteiger partial charge in [-0.15, -0.1) is 0 Å². The molecule has 0 atom stereocenters. The molecule has 2 heterocycles. The molecule has 0 aliphatic carbocycles. The lowest BCUT2D eigenvalue weighted by molar-refractivity contribution is -0.00297. The van der Waals surface area contributed by atoms with Gasteiger partial charge >= 0.3 is 0 Å². The molecule has 1 aromatic rings. The van der Waals surface area contributed by atoms with Gasteiger partial charge in [-0.2, -0.15) is 0 Å². The Morgan fingerprint density at radius 2 is 2.08 bits per heavy atom. The normalized spacial score (nSPS) is 19.1. The van der Waals surface area contributed by atoms with Crippen LogP contribution in [0, 0.1) is 0 Å². The number of aliphatic hydroxyl groups excluding tert-OH is 1. The fourth-order valence-electron chi connectivity index (χ4n) is 1.34. The Balaban J connectivity index is 1.88. The predicted molar refractivity (Wildman–Crippen MR) is 43.3 cm³/mol. The van der Waals surface area contributed by atoms with Gasteiger partial charge in [0.2, 0.25) is 0 Å². The molecule has 0 aromatic carbocycles. The van der Waals surface area contributed by atoms with Crippen LogP contribution in [0.25, 0.3) is 0 Å². The number of β-amino-alcohol motifs (C(OH)–C–C–N with tert-alkyl or cyclic N) is 1. The van der Waals surface area contributed by atoms with Gasteiger partial charge in [-0.3, -0.25) is 4.90 Å². The smallest absolute Gasteiger partial charge is 0.115 e.